The van der Waals surface area contributed by atoms with Crippen molar-refractivity contribution in [3.63, 3.8) is 0 Å². The highest BCUT2D eigenvalue weighted by molar-refractivity contribution is 5.59. The minimum atomic E-state index is 0.536. The molecular weight excluding hydrogens is 254 g/mol. The van der Waals surface area contributed by atoms with Crippen molar-refractivity contribution in [3.8, 4) is 0 Å². The summed E-state index contributed by atoms with van der Waals surface area (Å²) < 4.78 is 0. The van der Waals surface area contributed by atoms with E-state index in [9.17, 15) is 0 Å². The lowest BCUT2D eigenvalue weighted by Gasteiger charge is -2.30. The van der Waals surface area contributed by atoms with E-state index in [1.54, 1.807) is 0 Å². The third kappa shape index (κ3) is 5.13. The third-order valence-electron chi connectivity index (χ3n) is 5.45. The second-order valence-electron chi connectivity index (χ2n) is 7.13. The van der Waals surface area contributed by atoms with E-state index in [-0.39, 0.29) is 0 Å². The fourth-order valence-corrected chi connectivity index (χ4v) is 3.86. The zero-order valence-corrected chi connectivity index (χ0v) is 14.8. The Hall–Kier alpha value is -0.850. The van der Waals surface area contributed by atoms with Crippen molar-refractivity contribution in [1.29, 1.82) is 0 Å². The molecule has 1 nitrogen and oxygen atoms in total. The molecule has 1 aliphatic rings. The Morgan fingerprint density at radius 2 is 2.00 bits per heavy atom. The first-order valence-electron chi connectivity index (χ1n) is 8.86. The van der Waals surface area contributed by atoms with E-state index in [0.29, 0.717) is 5.41 Å². The van der Waals surface area contributed by atoms with Crippen molar-refractivity contribution in [2.45, 2.75) is 79.1 Å². The maximum Gasteiger partial charge on any atom is 0.0580 e. The third-order valence-corrected chi connectivity index (χ3v) is 5.45. The van der Waals surface area contributed by atoms with Crippen LogP contribution in [0.5, 0.6) is 0 Å². The van der Waals surface area contributed by atoms with Gasteiger partial charge in [0.15, 0.2) is 0 Å². The van der Waals surface area contributed by atoms with Gasteiger partial charge in [-0.15, -0.1) is 0 Å². The SMILES string of the molecule is C=C(CC1CC(CCCC)[C@@](C)(CC)C1)C(=C)N=CCC. The summed E-state index contributed by atoms with van der Waals surface area (Å²) in [6.45, 7) is 17.5. The molecule has 1 heteroatoms. The summed E-state index contributed by atoms with van der Waals surface area (Å²) in [4.78, 5) is 4.39. The highest BCUT2D eigenvalue weighted by Crippen LogP contribution is 2.52. The summed E-state index contributed by atoms with van der Waals surface area (Å²) in [5.74, 6) is 1.67. The minimum absolute atomic E-state index is 0.536. The minimum Gasteiger partial charge on any atom is -0.262 e. The highest BCUT2D eigenvalue weighted by atomic mass is 14.7. The average Bonchev–Trinajstić information content (AvgIpc) is 2.78. The molecular formula is C20H35N. The Balaban J connectivity index is 2.59. The van der Waals surface area contributed by atoms with Crippen LogP contribution >= 0.6 is 0 Å². The van der Waals surface area contributed by atoms with Gasteiger partial charge in [0.1, 0.15) is 0 Å². The van der Waals surface area contributed by atoms with E-state index in [0.717, 1.165) is 35.9 Å². The first-order chi connectivity index (χ1) is 9.96. The molecule has 0 radical (unpaired) electrons. The largest absolute Gasteiger partial charge is 0.262 e. The summed E-state index contributed by atoms with van der Waals surface area (Å²) in [5, 5.41) is 0. The molecule has 120 valence electrons. The maximum atomic E-state index is 4.39. The van der Waals surface area contributed by atoms with Gasteiger partial charge >= 0.3 is 0 Å². The molecule has 2 unspecified atom stereocenters. The molecule has 0 amide bonds. The summed E-state index contributed by atoms with van der Waals surface area (Å²) >= 11 is 0. The van der Waals surface area contributed by atoms with Gasteiger partial charge in [0.2, 0.25) is 0 Å². The summed E-state index contributed by atoms with van der Waals surface area (Å²) in [7, 11) is 0. The highest BCUT2D eigenvalue weighted by Gasteiger charge is 2.41. The molecule has 1 aliphatic carbocycles. The number of hydrogen-bond donors (Lipinski definition) is 0. The van der Waals surface area contributed by atoms with Gasteiger partial charge in [0, 0.05) is 6.21 Å². The van der Waals surface area contributed by atoms with Crippen LogP contribution < -0.4 is 0 Å². The Labute approximate surface area is 132 Å². The van der Waals surface area contributed by atoms with E-state index in [2.05, 4.69) is 45.8 Å². The predicted octanol–water partition coefficient (Wildman–Crippen LogP) is 6.56. The molecule has 0 aromatic heterocycles. The summed E-state index contributed by atoms with van der Waals surface area (Å²) in [5.41, 5.74) is 2.56. The second kappa shape index (κ2) is 8.56. The van der Waals surface area contributed by atoms with Gasteiger partial charge in [-0.2, -0.15) is 0 Å². The number of aliphatic imine (C=N–C) groups is 1. The van der Waals surface area contributed by atoms with Crippen molar-refractivity contribution < 1.29 is 0 Å². The molecule has 0 aromatic carbocycles. The smallest absolute Gasteiger partial charge is 0.0580 e. The van der Waals surface area contributed by atoms with Crippen LogP contribution in [0, 0.1) is 17.3 Å². The van der Waals surface area contributed by atoms with Crippen LogP contribution in [-0.2, 0) is 0 Å². The van der Waals surface area contributed by atoms with Crippen LogP contribution in [0.4, 0.5) is 0 Å². The van der Waals surface area contributed by atoms with Crippen LogP contribution in [-0.4, -0.2) is 6.21 Å². The monoisotopic (exact) mass is 289 g/mol. The Bertz CT molecular complexity index is 379. The van der Waals surface area contributed by atoms with Crippen molar-refractivity contribution in [1.82, 2.24) is 0 Å². The topological polar surface area (TPSA) is 12.4 Å². The molecule has 1 rings (SSSR count). The first kappa shape index (κ1) is 18.2. The van der Waals surface area contributed by atoms with Crippen LogP contribution in [0.1, 0.15) is 79.1 Å². The van der Waals surface area contributed by atoms with Crippen molar-refractivity contribution >= 4 is 6.21 Å². The number of hydrogen-bond acceptors (Lipinski definition) is 1. The van der Waals surface area contributed by atoms with Crippen molar-refractivity contribution in [3.05, 3.63) is 24.4 Å². The van der Waals surface area contributed by atoms with Crippen LogP contribution in [0.25, 0.3) is 0 Å². The van der Waals surface area contributed by atoms with Gasteiger partial charge in [-0.25, -0.2) is 0 Å². The molecule has 0 N–H and O–H groups in total. The molecule has 0 saturated heterocycles. The van der Waals surface area contributed by atoms with Crippen LogP contribution in [0.15, 0.2) is 29.4 Å². The lowest BCUT2D eigenvalue weighted by Crippen LogP contribution is -2.20. The lowest BCUT2D eigenvalue weighted by molar-refractivity contribution is 0.202. The molecule has 0 aromatic rings. The molecule has 0 bridgehead atoms. The summed E-state index contributed by atoms with van der Waals surface area (Å²) in [6.07, 6.45) is 12.1. The Kier molecular flexibility index (Phi) is 7.42. The zero-order chi connectivity index (χ0) is 15.9. The van der Waals surface area contributed by atoms with Gasteiger partial charge in [0.05, 0.1) is 5.70 Å². The normalized spacial score (nSPS) is 29.1. The molecule has 3 atom stereocenters. The Morgan fingerprint density at radius 3 is 2.57 bits per heavy atom. The zero-order valence-electron chi connectivity index (χ0n) is 14.8. The summed E-state index contributed by atoms with van der Waals surface area (Å²) in [6, 6.07) is 0. The second-order valence-corrected chi connectivity index (χ2v) is 7.13. The lowest BCUT2D eigenvalue weighted by atomic mass is 9.75. The molecule has 21 heavy (non-hydrogen) atoms. The van der Waals surface area contributed by atoms with E-state index in [1.807, 2.05) is 6.21 Å². The number of allylic oxidation sites excluding steroid dienone is 1. The van der Waals surface area contributed by atoms with E-state index in [4.69, 9.17) is 0 Å². The molecule has 0 heterocycles. The van der Waals surface area contributed by atoms with Crippen LogP contribution in [0.3, 0.4) is 0 Å². The standard InChI is InChI=1S/C20H35N/c1-7-10-11-19-14-18(15-20(19,6)9-3)13-16(4)17(5)21-12-8-2/h12,18-19H,4-5,7-11,13-15H2,1-3,6H3/t18?,19?,20-/m0/s1. The van der Waals surface area contributed by atoms with Gasteiger partial charge in [-0.3, -0.25) is 4.99 Å². The molecule has 0 aliphatic heterocycles. The average molecular weight is 290 g/mol. The first-order valence-corrected chi connectivity index (χ1v) is 8.86. The van der Waals surface area contributed by atoms with Gasteiger partial charge < -0.3 is 0 Å². The van der Waals surface area contributed by atoms with Gasteiger partial charge in [-0.1, -0.05) is 60.1 Å². The van der Waals surface area contributed by atoms with E-state index < -0.39 is 0 Å². The van der Waals surface area contributed by atoms with E-state index in [1.165, 1.54) is 38.5 Å². The molecule has 0 spiro atoms. The maximum absolute atomic E-state index is 4.39. The Morgan fingerprint density at radius 1 is 1.29 bits per heavy atom. The van der Waals surface area contributed by atoms with Gasteiger partial charge in [-0.05, 0) is 54.9 Å². The number of rotatable bonds is 9. The quantitative estimate of drug-likeness (QED) is 0.336. The van der Waals surface area contributed by atoms with Crippen molar-refractivity contribution in [2.75, 3.05) is 0 Å². The van der Waals surface area contributed by atoms with Crippen LogP contribution in [0.2, 0.25) is 0 Å². The van der Waals surface area contributed by atoms with Crippen molar-refractivity contribution in [2.24, 2.45) is 22.2 Å². The predicted molar refractivity (Wildman–Crippen MR) is 95.8 cm³/mol. The molecule has 1 fully saturated rings. The fourth-order valence-electron chi connectivity index (χ4n) is 3.86. The number of unbranched alkanes of at least 4 members (excludes halogenated alkanes) is 1. The molecule has 1 saturated carbocycles. The van der Waals surface area contributed by atoms with E-state index >= 15 is 0 Å². The number of nitrogens with zero attached hydrogens (tertiary/aromatic N) is 1. The van der Waals surface area contributed by atoms with Gasteiger partial charge in [0.25, 0.3) is 0 Å². The fraction of sp³-hybridized carbons (Fsp3) is 0.750.